The van der Waals surface area contributed by atoms with Crippen molar-refractivity contribution in [2.75, 3.05) is 31.5 Å². The van der Waals surface area contributed by atoms with Gasteiger partial charge in [0.25, 0.3) is 5.91 Å². The number of rotatable bonds is 9. The number of aliphatic hydroxyl groups excluding tert-OH is 1. The molecule has 2 aromatic carbocycles. The Bertz CT molecular complexity index is 1080. The highest BCUT2D eigenvalue weighted by Crippen LogP contribution is 2.36. The number of benzene rings is 2. The Morgan fingerprint density at radius 2 is 1.89 bits per heavy atom. The van der Waals surface area contributed by atoms with E-state index in [0.29, 0.717) is 25.7 Å². The van der Waals surface area contributed by atoms with E-state index in [1.165, 1.54) is 36.8 Å². The molecule has 0 bridgehead atoms. The molecule has 0 saturated heterocycles. The number of anilines is 1. The maximum atomic E-state index is 13.6. The van der Waals surface area contributed by atoms with Gasteiger partial charge in [0, 0.05) is 55.4 Å². The van der Waals surface area contributed by atoms with Gasteiger partial charge < -0.3 is 15.3 Å². The van der Waals surface area contributed by atoms with Crippen molar-refractivity contribution in [2.45, 2.75) is 83.4 Å². The van der Waals surface area contributed by atoms with Gasteiger partial charge in [-0.05, 0) is 54.0 Å². The minimum Gasteiger partial charge on any atom is -0.390 e. The van der Waals surface area contributed by atoms with Crippen LogP contribution in [0.4, 0.5) is 5.69 Å². The van der Waals surface area contributed by atoms with Crippen LogP contribution >= 0.6 is 0 Å². The molecule has 1 fully saturated rings. The molecule has 0 aromatic heterocycles. The minimum atomic E-state index is -0.565. The van der Waals surface area contributed by atoms with Gasteiger partial charge in [-0.3, -0.25) is 9.69 Å². The standard InChI is InChI=1S/C31H43N3O2/c1-4-25(16-22-8-7-9-22)32-26-12-13-29-28(17-26)30(36)34(21-31(29,2)3)20-27(35)19-33-15-14-23-10-5-6-11-24(23)18-33/h5-6,10-13,17,22,25,27,32,35H,4,7-9,14-16,18-21H2,1-3H3. The molecule has 5 heteroatoms. The molecule has 2 unspecified atom stereocenters. The molecule has 2 heterocycles. The number of hydrogen-bond acceptors (Lipinski definition) is 4. The molecule has 2 atom stereocenters. The molecule has 1 amide bonds. The van der Waals surface area contributed by atoms with Crippen LogP contribution in [0, 0.1) is 5.92 Å². The van der Waals surface area contributed by atoms with Crippen LogP contribution in [0.3, 0.4) is 0 Å². The van der Waals surface area contributed by atoms with Crippen molar-refractivity contribution in [3.8, 4) is 0 Å². The topological polar surface area (TPSA) is 55.8 Å². The summed E-state index contributed by atoms with van der Waals surface area (Å²) >= 11 is 0. The lowest BCUT2D eigenvalue weighted by atomic mass is 9.77. The normalized spacial score (nSPS) is 21.3. The molecule has 36 heavy (non-hydrogen) atoms. The summed E-state index contributed by atoms with van der Waals surface area (Å²) in [6.45, 7) is 10.1. The van der Waals surface area contributed by atoms with Crippen LogP contribution in [-0.2, 0) is 18.4 Å². The van der Waals surface area contributed by atoms with Gasteiger partial charge in [0.05, 0.1) is 6.10 Å². The maximum absolute atomic E-state index is 13.6. The Morgan fingerprint density at radius 3 is 2.61 bits per heavy atom. The van der Waals surface area contributed by atoms with Crippen molar-refractivity contribution in [3.63, 3.8) is 0 Å². The van der Waals surface area contributed by atoms with Crippen molar-refractivity contribution < 1.29 is 9.90 Å². The van der Waals surface area contributed by atoms with Crippen molar-refractivity contribution >= 4 is 11.6 Å². The van der Waals surface area contributed by atoms with Crippen molar-refractivity contribution in [2.24, 2.45) is 5.92 Å². The fourth-order valence-corrected chi connectivity index (χ4v) is 6.37. The Balaban J connectivity index is 1.25. The number of nitrogens with one attached hydrogen (secondary N) is 1. The van der Waals surface area contributed by atoms with Crippen LogP contribution < -0.4 is 5.32 Å². The van der Waals surface area contributed by atoms with Crippen molar-refractivity contribution in [1.82, 2.24) is 9.80 Å². The molecule has 1 aliphatic carbocycles. The molecule has 1 saturated carbocycles. The summed E-state index contributed by atoms with van der Waals surface area (Å²) < 4.78 is 0. The van der Waals surface area contributed by atoms with Crippen molar-refractivity contribution in [1.29, 1.82) is 0 Å². The van der Waals surface area contributed by atoms with Crippen LogP contribution in [0.5, 0.6) is 0 Å². The SMILES string of the molecule is CCC(CC1CCC1)Nc1ccc2c(c1)C(=O)N(CC(O)CN1CCc3ccccc3C1)CC2(C)C. The molecular formula is C31H43N3O2. The monoisotopic (exact) mass is 489 g/mol. The molecule has 0 spiro atoms. The Kier molecular flexibility index (Phi) is 7.41. The lowest BCUT2D eigenvalue weighted by Gasteiger charge is -2.41. The summed E-state index contributed by atoms with van der Waals surface area (Å²) in [7, 11) is 0. The molecule has 5 rings (SSSR count). The first-order valence-corrected chi connectivity index (χ1v) is 14.0. The number of hydrogen-bond donors (Lipinski definition) is 2. The highest BCUT2D eigenvalue weighted by Gasteiger charge is 2.37. The van der Waals surface area contributed by atoms with Gasteiger partial charge in [0.1, 0.15) is 0 Å². The molecule has 2 N–H and O–H groups in total. The molecule has 194 valence electrons. The van der Waals surface area contributed by atoms with E-state index in [2.05, 4.69) is 73.5 Å². The van der Waals surface area contributed by atoms with Gasteiger partial charge in [-0.2, -0.15) is 0 Å². The third kappa shape index (κ3) is 5.47. The summed E-state index contributed by atoms with van der Waals surface area (Å²) in [5.74, 6) is 0.897. The molecular weight excluding hydrogens is 446 g/mol. The van der Waals surface area contributed by atoms with Gasteiger partial charge in [0.15, 0.2) is 0 Å². The quantitative estimate of drug-likeness (QED) is 0.507. The summed E-state index contributed by atoms with van der Waals surface area (Å²) in [6, 6.07) is 15.4. The lowest BCUT2D eigenvalue weighted by Crippen LogP contribution is -2.51. The zero-order valence-electron chi connectivity index (χ0n) is 22.3. The zero-order chi connectivity index (χ0) is 25.3. The van der Waals surface area contributed by atoms with E-state index in [1.54, 1.807) is 0 Å². The third-order valence-corrected chi connectivity index (χ3v) is 8.67. The average Bonchev–Trinajstić information content (AvgIpc) is 2.83. The minimum absolute atomic E-state index is 0.0445. The van der Waals surface area contributed by atoms with Gasteiger partial charge in [0.2, 0.25) is 0 Å². The molecule has 5 nitrogen and oxygen atoms in total. The number of aliphatic hydroxyl groups is 1. The van der Waals surface area contributed by atoms with E-state index in [4.69, 9.17) is 0 Å². The zero-order valence-corrected chi connectivity index (χ0v) is 22.3. The van der Waals surface area contributed by atoms with Gasteiger partial charge in [-0.25, -0.2) is 0 Å². The highest BCUT2D eigenvalue weighted by atomic mass is 16.3. The average molecular weight is 490 g/mol. The first-order valence-electron chi connectivity index (χ1n) is 14.0. The number of β-amino-alcohol motifs (C(OH)–C–C–N with tert-alkyl or cyclic N) is 1. The fraction of sp³-hybridized carbons (Fsp3) is 0.581. The van der Waals surface area contributed by atoms with E-state index >= 15 is 0 Å². The predicted molar refractivity (Wildman–Crippen MR) is 146 cm³/mol. The smallest absolute Gasteiger partial charge is 0.254 e. The largest absolute Gasteiger partial charge is 0.390 e. The number of nitrogens with zero attached hydrogens (tertiary/aromatic N) is 2. The molecule has 2 aliphatic heterocycles. The Morgan fingerprint density at radius 1 is 1.11 bits per heavy atom. The lowest BCUT2D eigenvalue weighted by molar-refractivity contribution is 0.0431. The number of carbonyl (C=O) groups excluding carboxylic acids is 1. The van der Waals surface area contributed by atoms with E-state index in [0.717, 1.165) is 48.7 Å². The van der Waals surface area contributed by atoms with E-state index in [9.17, 15) is 9.90 Å². The second-order valence-electron chi connectivity index (χ2n) is 12.0. The first kappa shape index (κ1) is 25.3. The third-order valence-electron chi connectivity index (χ3n) is 8.67. The van der Waals surface area contributed by atoms with Gasteiger partial charge in [-0.1, -0.05) is 70.4 Å². The summed E-state index contributed by atoms with van der Waals surface area (Å²) in [4.78, 5) is 17.8. The van der Waals surface area contributed by atoms with Crippen LogP contribution in [0.1, 0.15) is 79.9 Å². The molecule has 0 radical (unpaired) electrons. The second-order valence-corrected chi connectivity index (χ2v) is 12.0. The van der Waals surface area contributed by atoms with Crippen LogP contribution in [0.25, 0.3) is 0 Å². The predicted octanol–water partition coefficient (Wildman–Crippen LogP) is 5.22. The van der Waals surface area contributed by atoms with E-state index in [-0.39, 0.29) is 11.3 Å². The second kappa shape index (κ2) is 10.5. The van der Waals surface area contributed by atoms with E-state index in [1.807, 2.05) is 4.90 Å². The fourth-order valence-electron chi connectivity index (χ4n) is 6.37. The number of fused-ring (bicyclic) bond motifs is 2. The first-order chi connectivity index (χ1) is 17.3. The number of carbonyl (C=O) groups is 1. The van der Waals surface area contributed by atoms with Crippen LogP contribution in [0.2, 0.25) is 0 Å². The summed E-state index contributed by atoms with van der Waals surface area (Å²) in [6.07, 6.45) is 6.84. The van der Waals surface area contributed by atoms with Crippen LogP contribution in [0.15, 0.2) is 42.5 Å². The summed E-state index contributed by atoms with van der Waals surface area (Å²) in [5, 5.41) is 14.7. The Hall–Kier alpha value is -2.37. The maximum Gasteiger partial charge on any atom is 0.254 e. The van der Waals surface area contributed by atoms with Gasteiger partial charge in [-0.15, -0.1) is 0 Å². The molecule has 2 aromatic rings. The highest BCUT2D eigenvalue weighted by molar-refractivity contribution is 5.98. The van der Waals surface area contributed by atoms with Gasteiger partial charge >= 0.3 is 0 Å². The van der Waals surface area contributed by atoms with E-state index < -0.39 is 6.10 Å². The molecule has 3 aliphatic rings. The van der Waals surface area contributed by atoms with Crippen LogP contribution in [-0.4, -0.2) is 59.1 Å². The summed E-state index contributed by atoms with van der Waals surface area (Å²) in [5.41, 5.74) is 5.55. The van der Waals surface area contributed by atoms with Crippen molar-refractivity contribution in [3.05, 3.63) is 64.7 Å². The Labute approximate surface area is 216 Å². The number of amides is 1.